The Balaban J connectivity index is 2.84. The number of carbonyl (C=O) groups excluding carboxylic acids is 2. The van der Waals surface area contributed by atoms with E-state index in [1.165, 1.54) is 0 Å². The van der Waals surface area contributed by atoms with Gasteiger partial charge in [0.05, 0.1) is 0 Å². The molecule has 0 heterocycles. The molecule has 0 unspecified atom stereocenters. The number of hydrogen-bond acceptors (Lipinski definition) is 2. The van der Waals surface area contributed by atoms with Crippen molar-refractivity contribution in [3.8, 4) is 0 Å². The summed E-state index contributed by atoms with van der Waals surface area (Å²) in [5, 5.41) is 0. The summed E-state index contributed by atoms with van der Waals surface area (Å²) in [7, 11) is 0. The molecular formula is C10H16O2. The first-order chi connectivity index (χ1) is 5.50. The highest BCUT2D eigenvalue weighted by atomic mass is 16.1. The summed E-state index contributed by atoms with van der Waals surface area (Å²) in [5.41, 5.74) is -0.355. The minimum Gasteiger partial charge on any atom is -0.300 e. The lowest BCUT2D eigenvalue weighted by molar-refractivity contribution is -0.130. The zero-order chi connectivity index (χ0) is 9.35. The zero-order valence-corrected chi connectivity index (χ0v) is 8.02. The van der Waals surface area contributed by atoms with Crippen LogP contribution < -0.4 is 0 Å². The van der Waals surface area contributed by atoms with Gasteiger partial charge in [-0.25, -0.2) is 0 Å². The van der Waals surface area contributed by atoms with E-state index in [2.05, 4.69) is 0 Å². The monoisotopic (exact) mass is 168 g/mol. The highest BCUT2D eigenvalue weighted by Gasteiger charge is 2.44. The van der Waals surface area contributed by atoms with E-state index in [1.54, 1.807) is 0 Å². The van der Waals surface area contributed by atoms with Gasteiger partial charge < -0.3 is 0 Å². The van der Waals surface area contributed by atoms with Gasteiger partial charge in [0.2, 0.25) is 0 Å². The Hall–Kier alpha value is -0.660. The average Bonchev–Trinajstić information content (AvgIpc) is 2.26. The Bertz CT molecular complexity index is 220. The summed E-state index contributed by atoms with van der Waals surface area (Å²) in [6.07, 6.45) is 1.59. The van der Waals surface area contributed by atoms with Crippen molar-refractivity contribution in [2.45, 2.75) is 40.0 Å². The van der Waals surface area contributed by atoms with Crippen LogP contribution in [0.15, 0.2) is 0 Å². The molecule has 68 valence electrons. The molecule has 2 nitrogen and oxygen atoms in total. The van der Waals surface area contributed by atoms with Crippen LogP contribution in [0.3, 0.4) is 0 Å². The van der Waals surface area contributed by atoms with Crippen molar-refractivity contribution in [2.75, 3.05) is 0 Å². The van der Waals surface area contributed by atoms with Gasteiger partial charge in [0, 0.05) is 24.7 Å². The minimum atomic E-state index is -0.355. The summed E-state index contributed by atoms with van der Waals surface area (Å²) < 4.78 is 0. The predicted molar refractivity (Wildman–Crippen MR) is 46.8 cm³/mol. The van der Waals surface area contributed by atoms with Crippen molar-refractivity contribution in [3.05, 3.63) is 0 Å². The van der Waals surface area contributed by atoms with Crippen LogP contribution in [0.5, 0.6) is 0 Å². The van der Waals surface area contributed by atoms with Crippen molar-refractivity contribution in [2.24, 2.45) is 11.3 Å². The maximum atomic E-state index is 11.5. The molecule has 0 aromatic carbocycles. The Kier molecular flexibility index (Phi) is 2.36. The molecule has 0 saturated heterocycles. The van der Waals surface area contributed by atoms with Crippen molar-refractivity contribution in [1.82, 2.24) is 0 Å². The number of Topliss-reactive ketones (excluding diaryl/α,β-unsaturated/α-hetero) is 2. The van der Waals surface area contributed by atoms with Gasteiger partial charge in [-0.2, -0.15) is 0 Å². The number of ketones is 2. The van der Waals surface area contributed by atoms with E-state index >= 15 is 0 Å². The van der Waals surface area contributed by atoms with Crippen LogP contribution in [0.1, 0.15) is 40.0 Å². The number of hydrogen-bond donors (Lipinski definition) is 0. The van der Waals surface area contributed by atoms with Crippen molar-refractivity contribution in [3.63, 3.8) is 0 Å². The van der Waals surface area contributed by atoms with Gasteiger partial charge in [-0.3, -0.25) is 9.59 Å². The lowest BCUT2D eigenvalue weighted by Crippen LogP contribution is -2.29. The molecule has 2 heteroatoms. The molecule has 1 saturated carbocycles. The smallest absolute Gasteiger partial charge is 0.139 e. The lowest BCUT2D eigenvalue weighted by Gasteiger charge is -2.25. The van der Waals surface area contributed by atoms with Gasteiger partial charge in [0.15, 0.2) is 0 Å². The topological polar surface area (TPSA) is 34.1 Å². The molecule has 0 bridgehead atoms. The largest absolute Gasteiger partial charge is 0.300 e. The molecule has 0 N–H and O–H groups in total. The van der Waals surface area contributed by atoms with Crippen LogP contribution in [-0.4, -0.2) is 11.6 Å². The zero-order valence-electron chi connectivity index (χ0n) is 8.02. The van der Waals surface area contributed by atoms with Gasteiger partial charge in [0.25, 0.3) is 0 Å². The van der Waals surface area contributed by atoms with E-state index in [0.29, 0.717) is 19.3 Å². The van der Waals surface area contributed by atoms with E-state index < -0.39 is 0 Å². The second-order valence-electron chi connectivity index (χ2n) is 4.01. The molecule has 12 heavy (non-hydrogen) atoms. The van der Waals surface area contributed by atoms with Crippen LogP contribution in [0.4, 0.5) is 0 Å². The molecule has 2 atom stereocenters. The second-order valence-corrected chi connectivity index (χ2v) is 4.01. The maximum absolute atomic E-state index is 11.5. The predicted octanol–water partition coefficient (Wildman–Crippen LogP) is 1.97. The minimum absolute atomic E-state index is 0.234. The first kappa shape index (κ1) is 9.43. The van der Waals surface area contributed by atoms with Gasteiger partial charge in [-0.15, -0.1) is 0 Å². The molecule has 0 amide bonds. The third kappa shape index (κ3) is 1.30. The molecule has 0 radical (unpaired) electrons. The van der Waals surface area contributed by atoms with Crippen LogP contribution in [0.25, 0.3) is 0 Å². The molecule has 1 rings (SSSR count). The molecule has 0 spiro atoms. The first-order valence-electron chi connectivity index (χ1n) is 4.55. The lowest BCUT2D eigenvalue weighted by atomic mass is 9.76. The SMILES string of the molecule is CCC(=O)[C@@]1(C)CC(=O)C[C@H]1C. The van der Waals surface area contributed by atoms with Gasteiger partial charge in [-0.05, 0) is 5.92 Å². The molecular weight excluding hydrogens is 152 g/mol. The Morgan fingerprint density at radius 1 is 1.67 bits per heavy atom. The standard InChI is InChI=1S/C10H16O2/c1-4-9(12)10(3)6-8(11)5-7(10)2/h7H,4-6H2,1-3H3/t7-,10+/m1/s1. The number of rotatable bonds is 2. The maximum Gasteiger partial charge on any atom is 0.139 e. The second kappa shape index (κ2) is 3.00. The average molecular weight is 168 g/mol. The Morgan fingerprint density at radius 2 is 2.25 bits per heavy atom. The quantitative estimate of drug-likeness (QED) is 0.631. The highest BCUT2D eigenvalue weighted by Crippen LogP contribution is 2.42. The van der Waals surface area contributed by atoms with Crippen molar-refractivity contribution >= 4 is 11.6 Å². The van der Waals surface area contributed by atoms with E-state index in [9.17, 15) is 9.59 Å². The summed E-state index contributed by atoms with van der Waals surface area (Å²) in [6, 6.07) is 0. The van der Waals surface area contributed by atoms with Crippen molar-refractivity contribution in [1.29, 1.82) is 0 Å². The number of carbonyl (C=O) groups is 2. The molecule has 0 aromatic rings. The summed E-state index contributed by atoms with van der Waals surface area (Å²) >= 11 is 0. The molecule has 1 aliphatic rings. The third-order valence-corrected chi connectivity index (χ3v) is 3.14. The van der Waals surface area contributed by atoms with E-state index in [1.807, 2.05) is 20.8 Å². The molecule has 0 aromatic heterocycles. The van der Waals surface area contributed by atoms with Crippen LogP contribution in [-0.2, 0) is 9.59 Å². The van der Waals surface area contributed by atoms with E-state index in [0.717, 1.165) is 0 Å². The summed E-state index contributed by atoms with van der Waals surface area (Å²) in [6.45, 7) is 5.79. The van der Waals surface area contributed by atoms with Crippen LogP contribution in [0, 0.1) is 11.3 Å². The fraction of sp³-hybridized carbons (Fsp3) is 0.800. The fourth-order valence-electron chi connectivity index (χ4n) is 2.00. The van der Waals surface area contributed by atoms with Crippen LogP contribution in [0.2, 0.25) is 0 Å². The Labute approximate surface area is 73.3 Å². The first-order valence-corrected chi connectivity index (χ1v) is 4.55. The van der Waals surface area contributed by atoms with E-state index in [4.69, 9.17) is 0 Å². The van der Waals surface area contributed by atoms with E-state index in [-0.39, 0.29) is 22.9 Å². The molecule has 1 fully saturated rings. The third-order valence-electron chi connectivity index (χ3n) is 3.14. The van der Waals surface area contributed by atoms with Crippen LogP contribution >= 0.6 is 0 Å². The fourth-order valence-corrected chi connectivity index (χ4v) is 2.00. The Morgan fingerprint density at radius 3 is 2.58 bits per heavy atom. The van der Waals surface area contributed by atoms with Gasteiger partial charge in [0.1, 0.15) is 11.6 Å². The normalized spacial score (nSPS) is 35.6. The highest BCUT2D eigenvalue weighted by molar-refractivity contribution is 5.94. The van der Waals surface area contributed by atoms with Gasteiger partial charge >= 0.3 is 0 Å². The summed E-state index contributed by atoms with van der Waals surface area (Å²) in [4.78, 5) is 22.7. The van der Waals surface area contributed by atoms with Crippen molar-refractivity contribution < 1.29 is 9.59 Å². The molecule has 0 aliphatic heterocycles. The summed E-state index contributed by atoms with van der Waals surface area (Å²) in [5.74, 6) is 0.713. The molecule has 1 aliphatic carbocycles. The van der Waals surface area contributed by atoms with Gasteiger partial charge in [-0.1, -0.05) is 20.8 Å².